The molecule has 0 saturated carbocycles. The van der Waals surface area contributed by atoms with Gasteiger partial charge in [-0.2, -0.15) is 0 Å². The SMILES string of the molecule is CCC(C)c1ccc(Cn2c(CCCNC(=O)Cc3ccccc3C)nc3ccccc32)cc1. The Morgan fingerprint density at radius 1 is 1.00 bits per heavy atom. The minimum Gasteiger partial charge on any atom is -0.356 e. The van der Waals surface area contributed by atoms with Crippen LogP contribution in [0.2, 0.25) is 0 Å². The summed E-state index contributed by atoms with van der Waals surface area (Å²) >= 11 is 0. The van der Waals surface area contributed by atoms with E-state index in [0.717, 1.165) is 53.8 Å². The molecule has 4 heteroatoms. The quantitative estimate of drug-likeness (QED) is 0.291. The van der Waals surface area contributed by atoms with Crippen LogP contribution in [0.25, 0.3) is 11.0 Å². The van der Waals surface area contributed by atoms with Gasteiger partial charge in [-0.1, -0.05) is 74.5 Å². The summed E-state index contributed by atoms with van der Waals surface area (Å²) in [5.74, 6) is 1.73. The van der Waals surface area contributed by atoms with Crippen LogP contribution in [0.1, 0.15) is 60.7 Å². The van der Waals surface area contributed by atoms with Crippen LogP contribution in [0, 0.1) is 6.92 Å². The normalized spacial score (nSPS) is 12.1. The van der Waals surface area contributed by atoms with E-state index in [4.69, 9.17) is 4.98 Å². The number of nitrogens with zero attached hydrogens (tertiary/aromatic N) is 2. The minimum absolute atomic E-state index is 0.0733. The van der Waals surface area contributed by atoms with Gasteiger partial charge in [-0.05, 0) is 60.1 Å². The fourth-order valence-corrected chi connectivity index (χ4v) is 4.38. The average molecular weight is 454 g/mol. The molecule has 176 valence electrons. The fourth-order valence-electron chi connectivity index (χ4n) is 4.38. The second kappa shape index (κ2) is 11.1. The van der Waals surface area contributed by atoms with Gasteiger partial charge in [-0.25, -0.2) is 4.98 Å². The molecule has 1 aromatic heterocycles. The second-order valence-corrected chi connectivity index (χ2v) is 9.21. The van der Waals surface area contributed by atoms with Gasteiger partial charge in [0.25, 0.3) is 0 Å². The van der Waals surface area contributed by atoms with E-state index < -0.39 is 0 Å². The molecule has 1 unspecified atom stereocenters. The molecule has 0 radical (unpaired) electrons. The van der Waals surface area contributed by atoms with Crippen molar-refractivity contribution in [2.24, 2.45) is 0 Å². The van der Waals surface area contributed by atoms with E-state index >= 15 is 0 Å². The lowest BCUT2D eigenvalue weighted by Gasteiger charge is -2.13. The van der Waals surface area contributed by atoms with Crippen LogP contribution in [0.5, 0.6) is 0 Å². The topological polar surface area (TPSA) is 46.9 Å². The highest BCUT2D eigenvalue weighted by Gasteiger charge is 2.12. The number of benzene rings is 3. The van der Waals surface area contributed by atoms with Gasteiger partial charge in [0.15, 0.2) is 0 Å². The number of amides is 1. The van der Waals surface area contributed by atoms with Crippen LogP contribution in [0.15, 0.2) is 72.8 Å². The van der Waals surface area contributed by atoms with Gasteiger partial charge in [-0.3, -0.25) is 4.79 Å². The fraction of sp³-hybridized carbons (Fsp3) is 0.333. The second-order valence-electron chi connectivity index (χ2n) is 9.21. The van der Waals surface area contributed by atoms with E-state index in [1.807, 2.05) is 37.3 Å². The highest BCUT2D eigenvalue weighted by atomic mass is 16.1. The molecule has 1 atom stereocenters. The Bertz CT molecular complexity index is 1240. The predicted molar refractivity (Wildman–Crippen MR) is 140 cm³/mol. The summed E-state index contributed by atoms with van der Waals surface area (Å²) in [6.45, 7) is 8.00. The van der Waals surface area contributed by atoms with Crippen molar-refractivity contribution >= 4 is 16.9 Å². The zero-order valence-electron chi connectivity index (χ0n) is 20.6. The molecule has 34 heavy (non-hydrogen) atoms. The van der Waals surface area contributed by atoms with E-state index in [1.165, 1.54) is 11.1 Å². The number of aromatic nitrogens is 2. The van der Waals surface area contributed by atoms with Crippen molar-refractivity contribution < 1.29 is 4.79 Å². The van der Waals surface area contributed by atoms with Crippen LogP contribution in [0.4, 0.5) is 0 Å². The van der Waals surface area contributed by atoms with Crippen molar-refractivity contribution in [3.63, 3.8) is 0 Å². The largest absolute Gasteiger partial charge is 0.356 e. The molecule has 0 bridgehead atoms. The third-order valence-electron chi connectivity index (χ3n) is 6.75. The number of carbonyl (C=O) groups is 1. The third kappa shape index (κ3) is 5.74. The number of carbonyl (C=O) groups excluding carboxylic acids is 1. The Kier molecular flexibility index (Phi) is 7.79. The maximum absolute atomic E-state index is 12.4. The van der Waals surface area contributed by atoms with Gasteiger partial charge in [0, 0.05) is 19.5 Å². The van der Waals surface area contributed by atoms with E-state index in [2.05, 4.69) is 66.2 Å². The first-order chi connectivity index (χ1) is 16.5. The molecule has 4 aromatic rings. The minimum atomic E-state index is 0.0733. The highest BCUT2D eigenvalue weighted by molar-refractivity contribution is 5.79. The first kappa shape index (κ1) is 23.7. The molecule has 1 heterocycles. The molecule has 4 rings (SSSR count). The van der Waals surface area contributed by atoms with Crippen LogP contribution in [-0.4, -0.2) is 22.0 Å². The predicted octanol–water partition coefficient (Wildman–Crippen LogP) is 6.20. The number of rotatable bonds is 10. The van der Waals surface area contributed by atoms with Crippen molar-refractivity contribution in [2.45, 2.75) is 58.9 Å². The first-order valence-electron chi connectivity index (χ1n) is 12.4. The smallest absolute Gasteiger partial charge is 0.224 e. The number of imidazole rings is 1. The molecule has 0 aliphatic heterocycles. The van der Waals surface area contributed by atoms with Crippen molar-refractivity contribution in [2.75, 3.05) is 6.54 Å². The van der Waals surface area contributed by atoms with Gasteiger partial charge >= 0.3 is 0 Å². The summed E-state index contributed by atoms with van der Waals surface area (Å²) in [7, 11) is 0. The molecule has 3 aromatic carbocycles. The molecule has 0 aliphatic carbocycles. The maximum Gasteiger partial charge on any atom is 0.224 e. The van der Waals surface area contributed by atoms with Crippen LogP contribution in [0.3, 0.4) is 0 Å². The van der Waals surface area contributed by atoms with Crippen LogP contribution in [-0.2, 0) is 24.2 Å². The van der Waals surface area contributed by atoms with Crippen LogP contribution < -0.4 is 5.32 Å². The summed E-state index contributed by atoms with van der Waals surface area (Å²) in [5, 5.41) is 3.08. The first-order valence-corrected chi connectivity index (χ1v) is 12.4. The Hall–Kier alpha value is -3.40. The molecule has 0 spiro atoms. The van der Waals surface area contributed by atoms with Gasteiger partial charge in [-0.15, -0.1) is 0 Å². The van der Waals surface area contributed by atoms with Crippen molar-refractivity contribution in [3.05, 3.63) is 101 Å². The number of para-hydroxylation sites is 2. The Balaban J connectivity index is 1.40. The highest BCUT2D eigenvalue weighted by Crippen LogP contribution is 2.22. The number of hydrogen-bond donors (Lipinski definition) is 1. The van der Waals surface area contributed by atoms with Gasteiger partial charge in [0.2, 0.25) is 5.91 Å². The van der Waals surface area contributed by atoms with E-state index in [0.29, 0.717) is 18.9 Å². The van der Waals surface area contributed by atoms with Gasteiger partial charge < -0.3 is 9.88 Å². The van der Waals surface area contributed by atoms with Gasteiger partial charge in [0.05, 0.1) is 17.5 Å². The lowest BCUT2D eigenvalue weighted by molar-refractivity contribution is -0.120. The summed E-state index contributed by atoms with van der Waals surface area (Å²) < 4.78 is 2.32. The zero-order chi connectivity index (χ0) is 23.9. The standard InChI is InChI=1S/C30H35N3O/c1-4-22(2)25-17-15-24(16-18-25)21-33-28-13-8-7-12-27(28)32-29(33)14-9-19-31-30(34)20-26-11-6-5-10-23(26)3/h5-8,10-13,15-18,22H,4,9,14,19-21H2,1-3H3,(H,31,34). The average Bonchev–Trinajstić information content (AvgIpc) is 3.20. The summed E-state index contributed by atoms with van der Waals surface area (Å²) in [6, 6.07) is 25.4. The Morgan fingerprint density at radius 3 is 2.50 bits per heavy atom. The summed E-state index contributed by atoms with van der Waals surface area (Å²) in [6.07, 6.45) is 3.26. The summed E-state index contributed by atoms with van der Waals surface area (Å²) in [5.41, 5.74) is 7.10. The van der Waals surface area contributed by atoms with Crippen molar-refractivity contribution in [1.29, 1.82) is 0 Å². The number of hydrogen-bond acceptors (Lipinski definition) is 2. The molecule has 0 fully saturated rings. The van der Waals surface area contributed by atoms with E-state index in [1.54, 1.807) is 0 Å². The number of nitrogens with one attached hydrogen (secondary N) is 1. The van der Waals surface area contributed by atoms with E-state index in [-0.39, 0.29) is 5.91 Å². The molecular weight excluding hydrogens is 418 g/mol. The molecule has 4 nitrogen and oxygen atoms in total. The third-order valence-corrected chi connectivity index (χ3v) is 6.75. The lowest BCUT2D eigenvalue weighted by atomic mass is 9.97. The lowest BCUT2D eigenvalue weighted by Crippen LogP contribution is -2.26. The Morgan fingerprint density at radius 2 is 1.74 bits per heavy atom. The van der Waals surface area contributed by atoms with Crippen molar-refractivity contribution in [1.82, 2.24) is 14.9 Å². The summed E-state index contributed by atoms with van der Waals surface area (Å²) in [4.78, 5) is 17.3. The van der Waals surface area contributed by atoms with Crippen molar-refractivity contribution in [3.8, 4) is 0 Å². The van der Waals surface area contributed by atoms with Crippen LogP contribution >= 0.6 is 0 Å². The number of aryl methyl sites for hydroxylation is 2. The molecule has 1 amide bonds. The monoisotopic (exact) mass is 453 g/mol. The molecule has 1 N–H and O–H groups in total. The molecule has 0 aliphatic rings. The van der Waals surface area contributed by atoms with E-state index in [9.17, 15) is 4.79 Å². The number of fused-ring (bicyclic) bond motifs is 1. The zero-order valence-corrected chi connectivity index (χ0v) is 20.6. The molecular formula is C30H35N3O. The maximum atomic E-state index is 12.4. The Labute approximate surface area is 203 Å². The van der Waals surface area contributed by atoms with Gasteiger partial charge in [0.1, 0.15) is 5.82 Å². The molecule has 0 saturated heterocycles.